The summed E-state index contributed by atoms with van der Waals surface area (Å²) in [4.78, 5) is 8.89. The molecule has 0 bridgehead atoms. The average molecular weight is 475 g/mol. The highest BCUT2D eigenvalue weighted by Crippen LogP contribution is 2.61. The number of carbonyl (C=O) groups excluding carboxylic acids is 1. The molecule has 7 atom stereocenters. The molecular formula is C28H46N2O4. The first-order valence-corrected chi connectivity index (χ1v) is 12.5. The van der Waals surface area contributed by atoms with Crippen LogP contribution in [-0.2, 0) is 4.79 Å². The van der Waals surface area contributed by atoms with Crippen LogP contribution in [0.4, 0.5) is 5.69 Å². The smallest absolute Gasteiger partial charge is 0.0610 e. The predicted molar refractivity (Wildman–Crippen MR) is 136 cm³/mol. The minimum Gasteiger partial charge on any atom is -0.550 e. The van der Waals surface area contributed by atoms with Crippen molar-refractivity contribution in [2.24, 2.45) is 28.6 Å². The van der Waals surface area contributed by atoms with Gasteiger partial charge in [0.05, 0.1) is 12.2 Å². The Morgan fingerprint density at radius 1 is 1.18 bits per heavy atom. The van der Waals surface area contributed by atoms with Crippen LogP contribution >= 0.6 is 0 Å². The lowest BCUT2D eigenvalue weighted by Crippen LogP contribution is -2.53. The molecule has 0 amide bonds. The van der Waals surface area contributed by atoms with Crippen LogP contribution in [-0.4, -0.2) is 34.9 Å². The Labute approximate surface area is 205 Å². The Morgan fingerprint density at radius 2 is 1.85 bits per heavy atom. The van der Waals surface area contributed by atoms with E-state index in [4.69, 9.17) is 9.90 Å². The van der Waals surface area contributed by atoms with Crippen molar-refractivity contribution >= 4 is 11.7 Å². The van der Waals surface area contributed by atoms with Crippen molar-refractivity contribution in [2.75, 3.05) is 11.9 Å². The van der Waals surface area contributed by atoms with Gasteiger partial charge in [-0.2, -0.15) is 0 Å². The predicted octanol–water partition coefficient (Wildman–Crippen LogP) is 4.45. The minimum atomic E-state index is -1.08. The van der Waals surface area contributed by atoms with E-state index in [0.717, 1.165) is 64.1 Å². The number of carboxylic acid groups (broad SMARTS) is 1. The van der Waals surface area contributed by atoms with Gasteiger partial charge in [-0.3, -0.25) is 0 Å². The first kappa shape index (κ1) is 28.3. The highest BCUT2D eigenvalue weighted by molar-refractivity contribution is 5.60. The quantitative estimate of drug-likeness (QED) is 0.479. The molecule has 3 aliphatic rings. The van der Waals surface area contributed by atoms with E-state index >= 15 is 0 Å². The number of aliphatic hydroxyl groups is 2. The molecule has 3 aliphatic carbocycles. The summed E-state index contributed by atoms with van der Waals surface area (Å²) in [6.07, 6.45) is 6.58. The maximum Gasteiger partial charge on any atom is 0.0610 e. The molecule has 1 aromatic carbocycles. The van der Waals surface area contributed by atoms with Crippen molar-refractivity contribution in [2.45, 2.75) is 84.8 Å². The van der Waals surface area contributed by atoms with Crippen molar-refractivity contribution in [1.29, 1.82) is 0 Å². The summed E-state index contributed by atoms with van der Waals surface area (Å²) in [6, 6.07) is 8.51. The average Bonchev–Trinajstić information content (AvgIpc) is 3.04. The first-order valence-electron chi connectivity index (χ1n) is 12.5. The van der Waals surface area contributed by atoms with Gasteiger partial charge in [0.1, 0.15) is 0 Å². The van der Waals surface area contributed by atoms with Gasteiger partial charge in [-0.15, -0.1) is 0 Å². The molecular weight excluding hydrogens is 428 g/mol. The van der Waals surface area contributed by atoms with Gasteiger partial charge in [-0.05, 0) is 105 Å². The number of carbonyl (C=O) groups is 1. The number of nitrogens with one attached hydrogen (secondary N) is 1. The van der Waals surface area contributed by atoms with Crippen molar-refractivity contribution in [3.8, 4) is 0 Å². The number of benzene rings is 1. The van der Waals surface area contributed by atoms with Gasteiger partial charge in [0.15, 0.2) is 0 Å². The van der Waals surface area contributed by atoms with E-state index < -0.39 is 5.97 Å². The third kappa shape index (κ3) is 5.84. The zero-order valence-electron chi connectivity index (χ0n) is 21.8. The van der Waals surface area contributed by atoms with Gasteiger partial charge in [0.2, 0.25) is 0 Å². The second-order valence-electron chi connectivity index (χ2n) is 11.2. The fourth-order valence-corrected chi connectivity index (χ4v) is 6.93. The molecule has 7 N–H and O–H groups in total. The van der Waals surface area contributed by atoms with E-state index in [1.165, 1.54) is 11.1 Å². The van der Waals surface area contributed by atoms with Crippen LogP contribution < -0.4 is 16.6 Å². The zero-order valence-corrected chi connectivity index (χ0v) is 21.8. The van der Waals surface area contributed by atoms with Gasteiger partial charge < -0.3 is 31.6 Å². The molecule has 1 aromatic rings. The number of hydrogen-bond acceptors (Lipinski definition) is 5. The largest absolute Gasteiger partial charge is 0.550 e. The molecule has 6 heteroatoms. The van der Waals surface area contributed by atoms with Crippen LogP contribution in [0.2, 0.25) is 0 Å². The molecule has 3 fully saturated rings. The molecule has 2 unspecified atom stereocenters. The number of fused-ring (bicyclic) bond motifs is 1. The van der Waals surface area contributed by atoms with Crippen LogP contribution in [0.3, 0.4) is 0 Å². The van der Waals surface area contributed by atoms with Gasteiger partial charge in [0, 0.05) is 18.2 Å². The number of aliphatic hydroxyl groups excluding tert-OH is 2. The second kappa shape index (κ2) is 11.2. The molecule has 4 rings (SSSR count). The highest BCUT2D eigenvalue weighted by Gasteiger charge is 2.56. The van der Waals surface area contributed by atoms with E-state index in [2.05, 4.69) is 56.9 Å². The lowest BCUT2D eigenvalue weighted by molar-refractivity contribution is -0.302. The summed E-state index contributed by atoms with van der Waals surface area (Å²) in [5, 5.41) is 34.5. The molecule has 0 aromatic heterocycles. The molecule has 0 heterocycles. The van der Waals surface area contributed by atoms with E-state index in [9.17, 15) is 10.2 Å². The van der Waals surface area contributed by atoms with E-state index in [1.807, 2.05) is 0 Å². The van der Waals surface area contributed by atoms with Gasteiger partial charge in [-0.25, -0.2) is 0 Å². The molecule has 0 radical (unpaired) electrons. The SMILES string of the molecule is C=C1CCC2[C@@H](O)C([C@@]3(C)CC[C@H](O)C[C@@H]3CNc3cccc(C)c3)CC[C@@]12C.CC(=O)[O-].[NH4+]. The number of aryl methyl sites for hydroxylation is 1. The van der Waals surface area contributed by atoms with Gasteiger partial charge >= 0.3 is 0 Å². The number of hydrogen-bond donors (Lipinski definition) is 4. The number of rotatable bonds is 4. The molecule has 6 nitrogen and oxygen atoms in total. The second-order valence-corrected chi connectivity index (χ2v) is 11.2. The van der Waals surface area contributed by atoms with Crippen LogP contribution in [0.1, 0.15) is 71.3 Å². The normalized spacial score (nSPS) is 37.0. The number of allylic oxidation sites excluding steroid dienone is 1. The van der Waals surface area contributed by atoms with Crippen LogP contribution in [0.15, 0.2) is 36.4 Å². The third-order valence-corrected chi connectivity index (χ3v) is 9.11. The Hall–Kier alpha value is -1.89. The van der Waals surface area contributed by atoms with Gasteiger partial charge in [-0.1, -0.05) is 38.1 Å². The summed E-state index contributed by atoms with van der Waals surface area (Å²) < 4.78 is 0. The molecule has 0 aliphatic heterocycles. The fraction of sp³-hybridized carbons (Fsp3) is 0.679. The zero-order chi connectivity index (χ0) is 24.4. The Morgan fingerprint density at radius 3 is 2.50 bits per heavy atom. The highest BCUT2D eigenvalue weighted by atomic mass is 16.4. The monoisotopic (exact) mass is 474 g/mol. The first-order chi connectivity index (χ1) is 15.5. The molecule has 3 saturated carbocycles. The fourth-order valence-electron chi connectivity index (χ4n) is 6.93. The lowest BCUT2D eigenvalue weighted by Gasteiger charge is -2.55. The Balaban J connectivity index is 0.000000758. The summed E-state index contributed by atoms with van der Waals surface area (Å²) in [7, 11) is 0. The maximum absolute atomic E-state index is 11.5. The summed E-state index contributed by atoms with van der Waals surface area (Å²) in [5.41, 5.74) is 3.93. The maximum atomic E-state index is 11.5. The third-order valence-electron chi connectivity index (χ3n) is 9.11. The van der Waals surface area contributed by atoms with E-state index in [0.29, 0.717) is 17.8 Å². The molecule has 0 saturated heterocycles. The topological polar surface area (TPSA) is 129 Å². The minimum absolute atomic E-state index is 0. The van der Waals surface area contributed by atoms with Gasteiger partial charge in [0.25, 0.3) is 0 Å². The molecule has 192 valence electrons. The Kier molecular flexibility index (Phi) is 9.37. The lowest BCUT2D eigenvalue weighted by atomic mass is 9.52. The molecule has 0 spiro atoms. The van der Waals surface area contributed by atoms with Crippen molar-refractivity contribution in [1.82, 2.24) is 6.15 Å². The number of carboxylic acids is 1. The van der Waals surface area contributed by atoms with Crippen molar-refractivity contribution < 1.29 is 20.1 Å². The summed E-state index contributed by atoms with van der Waals surface area (Å²) >= 11 is 0. The number of aliphatic carboxylic acids is 1. The summed E-state index contributed by atoms with van der Waals surface area (Å²) in [5.74, 6) is -0.0635. The number of quaternary nitrogens is 1. The van der Waals surface area contributed by atoms with Crippen LogP contribution in [0, 0.1) is 35.5 Å². The van der Waals surface area contributed by atoms with E-state index in [-0.39, 0.29) is 29.2 Å². The van der Waals surface area contributed by atoms with Crippen molar-refractivity contribution in [3.63, 3.8) is 0 Å². The summed E-state index contributed by atoms with van der Waals surface area (Å²) in [6.45, 7) is 13.0. The Bertz CT molecular complexity index is 855. The van der Waals surface area contributed by atoms with Crippen LogP contribution in [0.25, 0.3) is 0 Å². The molecule has 34 heavy (non-hydrogen) atoms. The number of anilines is 1. The van der Waals surface area contributed by atoms with E-state index in [1.54, 1.807) is 0 Å². The van der Waals surface area contributed by atoms with Crippen molar-refractivity contribution in [3.05, 3.63) is 42.0 Å². The van der Waals surface area contributed by atoms with Crippen LogP contribution in [0.5, 0.6) is 0 Å². The standard InChI is InChI=1S/C26H39NO2.C2H4O2.H3N/c1-17-6-5-7-20(14-17)27-16-19-15-21(28)10-12-26(19,4)23-11-13-25(3)18(2)8-9-22(25)24(23)29;1-2(3)4;/h5-7,14,19,21-24,27-29H,2,8-13,15-16H2,1,3-4H3;1H3,(H,3,4);1H3/t19-,21+,22?,23?,24-,25+,26+;;/m1../s1.